The van der Waals surface area contributed by atoms with Crippen molar-refractivity contribution in [2.24, 2.45) is 0 Å². The van der Waals surface area contributed by atoms with Gasteiger partial charge in [0.1, 0.15) is 10.9 Å². The number of nitriles is 1. The van der Waals surface area contributed by atoms with Crippen LogP contribution in [0.1, 0.15) is 10.4 Å². The zero-order valence-corrected chi connectivity index (χ0v) is 10.6. The molecule has 2 rings (SSSR count). The van der Waals surface area contributed by atoms with Gasteiger partial charge in [0.05, 0.1) is 11.3 Å². The van der Waals surface area contributed by atoms with E-state index in [0.717, 1.165) is 0 Å². The van der Waals surface area contributed by atoms with Gasteiger partial charge in [-0.3, -0.25) is 0 Å². The Morgan fingerprint density at radius 2 is 1.40 bits per heavy atom. The van der Waals surface area contributed by atoms with Gasteiger partial charge in [-0.25, -0.2) is 22.0 Å². The molecule has 8 heteroatoms. The topological polar surface area (TPSA) is 49.8 Å². The third-order valence-electron chi connectivity index (χ3n) is 2.73. The van der Waals surface area contributed by atoms with E-state index in [1.807, 2.05) is 0 Å². The highest BCUT2D eigenvalue weighted by atomic mass is 32.1. The van der Waals surface area contributed by atoms with Crippen LogP contribution in [0.15, 0.2) is 0 Å². The van der Waals surface area contributed by atoms with Crippen LogP contribution < -0.4 is 5.73 Å². The molecule has 2 nitrogen and oxygen atoms in total. The molecule has 0 saturated carbocycles. The summed E-state index contributed by atoms with van der Waals surface area (Å²) in [5.41, 5.74) is 4.51. The van der Waals surface area contributed by atoms with Crippen LogP contribution in [0.4, 0.5) is 27.6 Å². The van der Waals surface area contributed by atoms with Gasteiger partial charge in [-0.05, 0) is 12.5 Å². The predicted octanol–water partition coefficient (Wildman–Crippen LogP) is 3.87. The van der Waals surface area contributed by atoms with E-state index in [-0.39, 0.29) is 21.0 Å². The maximum atomic E-state index is 13.7. The first kappa shape index (κ1) is 14.3. The lowest BCUT2D eigenvalue weighted by molar-refractivity contribution is 0.381. The van der Waals surface area contributed by atoms with Gasteiger partial charge in [-0.2, -0.15) is 5.26 Å². The van der Waals surface area contributed by atoms with Crippen molar-refractivity contribution in [1.29, 1.82) is 5.26 Å². The highest BCUT2D eigenvalue weighted by molar-refractivity contribution is 7.16. The van der Waals surface area contributed by atoms with Crippen LogP contribution in [-0.2, 0) is 0 Å². The number of hydrogen-bond donors (Lipinski definition) is 1. The first-order valence-electron chi connectivity index (χ1n) is 5.12. The Kier molecular flexibility index (Phi) is 3.39. The summed E-state index contributed by atoms with van der Waals surface area (Å²) in [4.78, 5) is -0.312. The van der Waals surface area contributed by atoms with Crippen molar-refractivity contribution >= 4 is 17.0 Å². The van der Waals surface area contributed by atoms with Crippen molar-refractivity contribution in [2.75, 3.05) is 5.73 Å². The van der Waals surface area contributed by atoms with E-state index in [2.05, 4.69) is 0 Å². The number of nitrogens with two attached hydrogens (primary N) is 1. The van der Waals surface area contributed by atoms with Crippen molar-refractivity contribution in [2.45, 2.75) is 6.92 Å². The lowest BCUT2D eigenvalue weighted by Crippen LogP contribution is -2.03. The molecule has 0 aliphatic carbocycles. The average Bonchev–Trinajstić information content (AvgIpc) is 2.71. The van der Waals surface area contributed by atoms with Gasteiger partial charge in [0, 0.05) is 4.88 Å². The lowest BCUT2D eigenvalue weighted by atomic mass is 10.1. The Morgan fingerprint density at radius 3 is 1.80 bits per heavy atom. The summed E-state index contributed by atoms with van der Waals surface area (Å²) in [5, 5.41) is 8.78. The highest BCUT2D eigenvalue weighted by Crippen LogP contribution is 2.41. The van der Waals surface area contributed by atoms with Gasteiger partial charge in [0.25, 0.3) is 0 Å². The molecule has 0 spiro atoms. The minimum Gasteiger partial charge on any atom is -0.397 e. The monoisotopic (exact) mass is 304 g/mol. The number of halogens is 5. The minimum absolute atomic E-state index is 0.0450. The summed E-state index contributed by atoms with van der Waals surface area (Å²) in [7, 11) is 0. The van der Waals surface area contributed by atoms with Gasteiger partial charge < -0.3 is 5.73 Å². The molecule has 0 atom stereocenters. The average molecular weight is 304 g/mol. The second-order valence-electron chi connectivity index (χ2n) is 3.86. The summed E-state index contributed by atoms with van der Waals surface area (Å²) in [5.74, 6) is -10.2. The molecular formula is C12H5F5N2S. The van der Waals surface area contributed by atoms with Crippen LogP contribution in [0.3, 0.4) is 0 Å². The molecule has 1 aromatic heterocycles. The smallest absolute Gasteiger partial charge is 0.200 e. The molecule has 2 aromatic rings. The maximum absolute atomic E-state index is 13.7. The van der Waals surface area contributed by atoms with Crippen LogP contribution in [0.2, 0.25) is 0 Å². The molecule has 0 unspecified atom stereocenters. The third kappa shape index (κ3) is 1.82. The fourth-order valence-electron chi connectivity index (χ4n) is 1.65. The molecule has 0 saturated heterocycles. The lowest BCUT2D eigenvalue weighted by Gasteiger charge is -2.07. The molecule has 1 aromatic carbocycles. The van der Waals surface area contributed by atoms with E-state index in [0.29, 0.717) is 11.3 Å². The molecule has 20 heavy (non-hydrogen) atoms. The first-order chi connectivity index (χ1) is 9.31. The van der Waals surface area contributed by atoms with Gasteiger partial charge >= 0.3 is 0 Å². The van der Waals surface area contributed by atoms with Crippen molar-refractivity contribution in [3.63, 3.8) is 0 Å². The number of nitrogen functional groups attached to an aromatic ring is 1. The second-order valence-corrected chi connectivity index (χ2v) is 4.88. The third-order valence-corrected chi connectivity index (χ3v) is 3.96. The summed E-state index contributed by atoms with van der Waals surface area (Å²) in [6.45, 7) is 1.33. The fourth-order valence-corrected chi connectivity index (χ4v) is 2.71. The molecule has 1 heterocycles. The fraction of sp³-hybridized carbons (Fsp3) is 0.0833. The standard InChI is InChI=1S/C12H5F5N2S/c1-3-11(19)4(2-18)20-12(3)5-6(13)8(15)10(17)9(16)7(5)14/h19H2,1H3. The van der Waals surface area contributed by atoms with E-state index in [9.17, 15) is 22.0 Å². The second kappa shape index (κ2) is 4.76. The maximum Gasteiger partial charge on any atom is 0.200 e. The van der Waals surface area contributed by atoms with Gasteiger partial charge in [-0.1, -0.05) is 0 Å². The number of thiophene rings is 1. The Labute approximate surface area is 113 Å². The minimum atomic E-state index is -2.23. The van der Waals surface area contributed by atoms with E-state index in [1.165, 1.54) is 6.92 Å². The normalized spacial score (nSPS) is 10.7. The first-order valence-corrected chi connectivity index (χ1v) is 5.93. The SMILES string of the molecule is Cc1c(-c2c(F)c(F)c(F)c(F)c2F)sc(C#N)c1N. The predicted molar refractivity (Wildman–Crippen MR) is 63.4 cm³/mol. The van der Waals surface area contributed by atoms with Gasteiger partial charge in [0.15, 0.2) is 23.3 Å². The summed E-state index contributed by atoms with van der Waals surface area (Å²) in [6.07, 6.45) is 0. The van der Waals surface area contributed by atoms with Crippen LogP contribution in [-0.4, -0.2) is 0 Å². The summed E-state index contributed by atoms with van der Waals surface area (Å²) >= 11 is 0.569. The Morgan fingerprint density at radius 1 is 0.950 bits per heavy atom. The molecule has 0 fully saturated rings. The number of nitrogens with zero attached hydrogens (tertiary/aromatic N) is 1. The number of anilines is 1. The highest BCUT2D eigenvalue weighted by Gasteiger charge is 2.29. The van der Waals surface area contributed by atoms with Crippen molar-refractivity contribution in [3.05, 3.63) is 39.5 Å². The van der Waals surface area contributed by atoms with E-state index in [1.54, 1.807) is 6.07 Å². The van der Waals surface area contributed by atoms with E-state index >= 15 is 0 Å². The molecule has 0 bridgehead atoms. The van der Waals surface area contributed by atoms with Crippen LogP contribution in [0.5, 0.6) is 0 Å². The molecule has 104 valence electrons. The molecule has 2 N–H and O–H groups in total. The quantitative estimate of drug-likeness (QED) is 0.494. The van der Waals surface area contributed by atoms with E-state index in [4.69, 9.17) is 11.0 Å². The Bertz CT molecular complexity index is 731. The largest absolute Gasteiger partial charge is 0.397 e. The van der Waals surface area contributed by atoms with E-state index < -0.39 is 34.6 Å². The Hall–Kier alpha value is -2.14. The molecule has 0 aliphatic rings. The number of benzene rings is 1. The number of rotatable bonds is 1. The van der Waals surface area contributed by atoms with Crippen LogP contribution in [0, 0.1) is 47.3 Å². The zero-order valence-electron chi connectivity index (χ0n) is 9.82. The summed E-state index contributed by atoms with van der Waals surface area (Å²) < 4.78 is 66.6. The Balaban J connectivity index is 2.88. The molecule has 0 aliphatic heterocycles. The molecular weight excluding hydrogens is 299 g/mol. The summed E-state index contributed by atoms with van der Waals surface area (Å²) in [6, 6.07) is 1.69. The van der Waals surface area contributed by atoms with Gasteiger partial charge in [-0.15, -0.1) is 11.3 Å². The van der Waals surface area contributed by atoms with Crippen molar-refractivity contribution in [1.82, 2.24) is 0 Å². The number of hydrogen-bond acceptors (Lipinski definition) is 3. The van der Waals surface area contributed by atoms with Crippen molar-refractivity contribution < 1.29 is 22.0 Å². The van der Waals surface area contributed by atoms with Gasteiger partial charge in [0.2, 0.25) is 5.82 Å². The van der Waals surface area contributed by atoms with Crippen molar-refractivity contribution in [3.8, 4) is 16.5 Å². The van der Waals surface area contributed by atoms with Crippen LogP contribution >= 0.6 is 11.3 Å². The molecule has 0 amide bonds. The molecule has 0 radical (unpaired) electrons. The zero-order chi connectivity index (χ0) is 15.2. The van der Waals surface area contributed by atoms with Crippen LogP contribution in [0.25, 0.3) is 10.4 Å².